The molecule has 0 fully saturated rings. The van der Waals surface area contributed by atoms with E-state index in [9.17, 15) is 13.2 Å². The lowest BCUT2D eigenvalue weighted by atomic mass is 10.2. The Morgan fingerprint density at radius 2 is 1.51 bits per heavy atom. The summed E-state index contributed by atoms with van der Waals surface area (Å²) >= 11 is 1.47. The SMILES string of the molecule is CN(C)CCN(C(=O)c1ccc(S(=O)(=O)N(C)Cc2ccccc2)cc1)c1nc2ccccc2s1. The fraction of sp³-hybridized carbons (Fsp3) is 0.231. The molecule has 7 nitrogen and oxygen atoms in total. The summed E-state index contributed by atoms with van der Waals surface area (Å²) in [6.07, 6.45) is 0. The predicted molar refractivity (Wildman–Crippen MR) is 141 cm³/mol. The van der Waals surface area contributed by atoms with Gasteiger partial charge < -0.3 is 4.90 Å². The Morgan fingerprint density at radius 3 is 2.17 bits per heavy atom. The smallest absolute Gasteiger partial charge is 0.260 e. The summed E-state index contributed by atoms with van der Waals surface area (Å²) in [4.78, 5) is 22.0. The van der Waals surface area contributed by atoms with Crippen molar-refractivity contribution < 1.29 is 13.2 Å². The van der Waals surface area contributed by atoms with Crippen molar-refractivity contribution in [1.82, 2.24) is 14.2 Å². The third kappa shape index (κ3) is 5.76. The molecule has 4 rings (SSSR count). The van der Waals surface area contributed by atoms with Gasteiger partial charge in [-0.3, -0.25) is 9.69 Å². The zero-order valence-corrected chi connectivity index (χ0v) is 21.6. The molecule has 35 heavy (non-hydrogen) atoms. The average molecular weight is 509 g/mol. The van der Waals surface area contributed by atoms with Crippen LogP contribution in [0.4, 0.5) is 5.13 Å². The first kappa shape index (κ1) is 25.0. The number of fused-ring (bicyclic) bond motifs is 1. The Hall–Kier alpha value is -3.11. The highest BCUT2D eigenvalue weighted by Crippen LogP contribution is 2.30. The van der Waals surface area contributed by atoms with Gasteiger partial charge in [-0.2, -0.15) is 4.31 Å². The lowest BCUT2D eigenvalue weighted by molar-refractivity contribution is 0.0985. The number of nitrogens with zero attached hydrogens (tertiary/aromatic N) is 4. The maximum atomic E-state index is 13.5. The lowest BCUT2D eigenvalue weighted by Crippen LogP contribution is -2.36. The van der Waals surface area contributed by atoms with Gasteiger partial charge >= 0.3 is 0 Å². The Balaban J connectivity index is 1.57. The highest BCUT2D eigenvalue weighted by atomic mass is 32.2. The van der Waals surface area contributed by atoms with E-state index in [2.05, 4.69) is 4.98 Å². The fourth-order valence-electron chi connectivity index (χ4n) is 3.59. The Morgan fingerprint density at radius 1 is 0.857 bits per heavy atom. The summed E-state index contributed by atoms with van der Waals surface area (Å²) in [5.74, 6) is -0.215. The number of aromatic nitrogens is 1. The van der Waals surface area contributed by atoms with E-state index >= 15 is 0 Å². The second-order valence-electron chi connectivity index (χ2n) is 8.50. The molecule has 0 saturated heterocycles. The van der Waals surface area contributed by atoms with Crippen LogP contribution in [0.2, 0.25) is 0 Å². The predicted octanol–water partition coefficient (Wildman–Crippen LogP) is 4.33. The first-order valence-corrected chi connectivity index (χ1v) is 13.4. The van der Waals surface area contributed by atoms with Crippen molar-refractivity contribution in [2.45, 2.75) is 11.4 Å². The molecule has 9 heteroatoms. The van der Waals surface area contributed by atoms with Crippen LogP contribution < -0.4 is 4.90 Å². The van der Waals surface area contributed by atoms with E-state index < -0.39 is 10.0 Å². The third-order valence-electron chi connectivity index (χ3n) is 5.59. The molecule has 0 aliphatic carbocycles. The van der Waals surface area contributed by atoms with Gasteiger partial charge in [-0.15, -0.1) is 0 Å². The second kappa shape index (κ2) is 10.7. The summed E-state index contributed by atoms with van der Waals surface area (Å²) in [5, 5.41) is 0.623. The van der Waals surface area contributed by atoms with Crippen LogP contribution in [0.1, 0.15) is 15.9 Å². The van der Waals surface area contributed by atoms with Crippen LogP contribution in [0.15, 0.2) is 83.8 Å². The minimum absolute atomic E-state index is 0.146. The van der Waals surface area contributed by atoms with E-state index in [0.717, 1.165) is 15.8 Å². The molecule has 0 aliphatic rings. The van der Waals surface area contributed by atoms with Gasteiger partial charge in [0.05, 0.1) is 15.1 Å². The summed E-state index contributed by atoms with van der Waals surface area (Å²) < 4.78 is 28.4. The standard InChI is InChI=1S/C26H28N4O3S2/c1-28(2)17-18-30(26-27-23-11-7-8-12-24(23)34-26)25(31)21-13-15-22(16-14-21)35(32,33)29(3)19-20-9-5-4-6-10-20/h4-16H,17-19H2,1-3H3. The number of hydrogen-bond donors (Lipinski definition) is 0. The molecule has 0 aliphatic heterocycles. The zero-order chi connectivity index (χ0) is 25.0. The van der Waals surface area contributed by atoms with Crippen molar-refractivity contribution in [3.05, 3.63) is 90.0 Å². The molecule has 0 saturated carbocycles. The Kier molecular flexibility index (Phi) is 7.61. The highest BCUT2D eigenvalue weighted by molar-refractivity contribution is 7.89. The van der Waals surface area contributed by atoms with Crippen molar-refractivity contribution in [2.75, 3.05) is 39.1 Å². The number of carbonyl (C=O) groups is 1. The van der Waals surface area contributed by atoms with Crippen LogP contribution in [-0.4, -0.2) is 62.7 Å². The van der Waals surface area contributed by atoms with Crippen molar-refractivity contribution in [2.24, 2.45) is 0 Å². The normalized spacial score (nSPS) is 11.9. The van der Waals surface area contributed by atoms with Crippen LogP contribution >= 0.6 is 11.3 Å². The number of thiazole rings is 1. The number of para-hydroxylation sites is 1. The average Bonchev–Trinajstić information content (AvgIpc) is 3.28. The van der Waals surface area contributed by atoms with E-state index in [-0.39, 0.29) is 17.3 Å². The van der Waals surface area contributed by atoms with E-state index in [1.54, 1.807) is 24.1 Å². The minimum atomic E-state index is -3.70. The molecule has 0 spiro atoms. The number of sulfonamides is 1. The number of benzene rings is 3. The Bertz CT molecular complexity index is 1370. The quantitative estimate of drug-likeness (QED) is 0.337. The molecule has 4 aromatic rings. The molecular formula is C26H28N4O3S2. The summed E-state index contributed by atoms with van der Waals surface area (Å²) in [6.45, 7) is 1.39. The minimum Gasteiger partial charge on any atom is -0.308 e. The molecule has 182 valence electrons. The van der Waals surface area contributed by atoms with Crippen LogP contribution in [-0.2, 0) is 16.6 Å². The fourth-order valence-corrected chi connectivity index (χ4v) is 5.74. The summed E-state index contributed by atoms with van der Waals surface area (Å²) in [7, 11) is 1.76. The first-order chi connectivity index (χ1) is 16.8. The van der Waals surface area contributed by atoms with Gasteiger partial charge in [0.15, 0.2) is 5.13 Å². The third-order valence-corrected chi connectivity index (χ3v) is 8.46. The van der Waals surface area contributed by atoms with Gasteiger partial charge in [0.1, 0.15) is 0 Å². The topological polar surface area (TPSA) is 73.8 Å². The maximum absolute atomic E-state index is 13.5. The summed E-state index contributed by atoms with van der Waals surface area (Å²) in [6, 6.07) is 23.3. The molecule has 1 amide bonds. The first-order valence-electron chi connectivity index (χ1n) is 11.2. The number of amides is 1. The number of anilines is 1. The van der Waals surface area contributed by atoms with E-state index in [1.165, 1.54) is 27.8 Å². The number of hydrogen-bond acceptors (Lipinski definition) is 6. The maximum Gasteiger partial charge on any atom is 0.260 e. The van der Waals surface area contributed by atoms with Gasteiger partial charge in [-0.05, 0) is 56.1 Å². The van der Waals surface area contributed by atoms with Crippen LogP contribution in [0.25, 0.3) is 10.2 Å². The lowest BCUT2D eigenvalue weighted by Gasteiger charge is -2.22. The van der Waals surface area contributed by atoms with Crippen molar-refractivity contribution in [1.29, 1.82) is 0 Å². The van der Waals surface area contributed by atoms with Gasteiger partial charge in [-0.1, -0.05) is 53.8 Å². The van der Waals surface area contributed by atoms with Gasteiger partial charge in [0.25, 0.3) is 5.91 Å². The second-order valence-corrected chi connectivity index (χ2v) is 11.5. The van der Waals surface area contributed by atoms with Crippen LogP contribution in [0.3, 0.4) is 0 Å². The number of carbonyl (C=O) groups excluding carboxylic acids is 1. The summed E-state index contributed by atoms with van der Waals surface area (Å²) in [5.41, 5.74) is 2.16. The molecule has 0 N–H and O–H groups in total. The molecule has 0 unspecified atom stereocenters. The molecule has 3 aromatic carbocycles. The highest BCUT2D eigenvalue weighted by Gasteiger charge is 2.24. The van der Waals surface area contributed by atoms with Gasteiger partial charge in [0, 0.05) is 32.2 Å². The Labute approximate surface area is 210 Å². The number of likely N-dealkylation sites (N-methyl/N-ethyl adjacent to an activating group) is 1. The van der Waals surface area contributed by atoms with Gasteiger partial charge in [-0.25, -0.2) is 13.4 Å². The van der Waals surface area contributed by atoms with Crippen LogP contribution in [0, 0.1) is 0 Å². The van der Waals surface area contributed by atoms with Crippen molar-refractivity contribution in [3.63, 3.8) is 0 Å². The van der Waals surface area contributed by atoms with Crippen molar-refractivity contribution >= 4 is 42.6 Å². The zero-order valence-electron chi connectivity index (χ0n) is 20.0. The van der Waals surface area contributed by atoms with Gasteiger partial charge in [0.2, 0.25) is 10.0 Å². The van der Waals surface area contributed by atoms with E-state index in [1.807, 2.05) is 73.6 Å². The molecular weight excluding hydrogens is 480 g/mol. The molecule has 1 heterocycles. The largest absolute Gasteiger partial charge is 0.308 e. The molecule has 1 aromatic heterocycles. The monoisotopic (exact) mass is 508 g/mol. The van der Waals surface area contributed by atoms with E-state index in [4.69, 9.17) is 0 Å². The van der Waals surface area contributed by atoms with Crippen molar-refractivity contribution in [3.8, 4) is 0 Å². The van der Waals surface area contributed by atoms with Crippen LogP contribution in [0.5, 0.6) is 0 Å². The molecule has 0 atom stereocenters. The number of rotatable bonds is 9. The molecule has 0 bridgehead atoms. The van der Waals surface area contributed by atoms with E-state index in [0.29, 0.717) is 23.8 Å². The molecule has 0 radical (unpaired) electrons.